The molecule has 5 atom stereocenters. The number of carbonyl (C=O) groups excluding carboxylic acids is 4. The van der Waals surface area contributed by atoms with E-state index >= 15 is 0 Å². The summed E-state index contributed by atoms with van der Waals surface area (Å²) in [6.07, 6.45) is 40.7. The Morgan fingerprint density at radius 3 is 0.810 bits per heavy atom. The van der Waals surface area contributed by atoms with Crippen molar-refractivity contribution >= 4 is 39.5 Å². The van der Waals surface area contributed by atoms with Gasteiger partial charge in [-0.3, -0.25) is 37.3 Å². The van der Waals surface area contributed by atoms with Crippen LogP contribution in [0.1, 0.15) is 324 Å². The Bertz CT molecular complexity index is 1650. The number of esters is 4. The number of phosphoric ester groups is 2. The molecule has 0 radical (unpaired) electrons. The predicted octanol–water partition coefficient (Wildman–Crippen LogP) is 18.0. The highest BCUT2D eigenvalue weighted by atomic mass is 31.2. The van der Waals surface area contributed by atoms with E-state index < -0.39 is 97.5 Å². The van der Waals surface area contributed by atoms with Crippen molar-refractivity contribution < 1.29 is 80.2 Å². The van der Waals surface area contributed by atoms with E-state index in [1.807, 2.05) is 0 Å². The monoisotopic (exact) mass is 1240 g/mol. The van der Waals surface area contributed by atoms with Crippen LogP contribution in [0.25, 0.3) is 0 Å². The number of carbonyl (C=O) groups is 4. The largest absolute Gasteiger partial charge is 0.472 e. The second-order valence-electron chi connectivity index (χ2n) is 24.5. The normalized spacial score (nSPS) is 14.3. The molecule has 0 aliphatic rings. The van der Waals surface area contributed by atoms with Crippen LogP contribution in [0.4, 0.5) is 0 Å². The lowest BCUT2D eigenvalue weighted by Gasteiger charge is -2.21. The summed E-state index contributed by atoms with van der Waals surface area (Å²) >= 11 is 0. The predicted molar refractivity (Wildman–Crippen MR) is 335 cm³/mol. The molecule has 2 unspecified atom stereocenters. The van der Waals surface area contributed by atoms with Crippen LogP contribution in [-0.2, 0) is 65.4 Å². The molecule has 0 aromatic carbocycles. The fourth-order valence-corrected chi connectivity index (χ4v) is 11.3. The molecule has 84 heavy (non-hydrogen) atoms. The first-order chi connectivity index (χ1) is 40.4. The van der Waals surface area contributed by atoms with Crippen LogP contribution in [0.3, 0.4) is 0 Å². The third kappa shape index (κ3) is 59.0. The molecule has 17 nitrogen and oxygen atoms in total. The fraction of sp³-hybridized carbons (Fsp3) is 0.938. The van der Waals surface area contributed by atoms with Gasteiger partial charge in [-0.15, -0.1) is 0 Å². The molecule has 19 heteroatoms. The maximum atomic E-state index is 13.0. The van der Waals surface area contributed by atoms with Gasteiger partial charge in [0.2, 0.25) is 0 Å². The van der Waals surface area contributed by atoms with Crippen molar-refractivity contribution in [2.45, 2.75) is 342 Å². The zero-order valence-corrected chi connectivity index (χ0v) is 56.0. The van der Waals surface area contributed by atoms with Crippen molar-refractivity contribution in [1.82, 2.24) is 0 Å². The first kappa shape index (κ1) is 82.1. The number of phosphoric acid groups is 2. The van der Waals surface area contributed by atoms with Gasteiger partial charge in [0, 0.05) is 25.7 Å². The summed E-state index contributed by atoms with van der Waals surface area (Å²) in [5, 5.41) is 10.5. The average Bonchev–Trinajstić information content (AvgIpc) is 3.54. The van der Waals surface area contributed by atoms with Crippen LogP contribution >= 0.6 is 15.6 Å². The zero-order valence-electron chi connectivity index (χ0n) is 54.2. The lowest BCUT2D eigenvalue weighted by molar-refractivity contribution is -0.161. The highest BCUT2D eigenvalue weighted by Crippen LogP contribution is 2.45. The Hall–Kier alpha value is -1.94. The Balaban J connectivity index is 5.16. The van der Waals surface area contributed by atoms with Crippen molar-refractivity contribution in [3.05, 3.63) is 0 Å². The molecule has 0 spiro atoms. The average molecular weight is 1240 g/mol. The highest BCUT2D eigenvalue weighted by Gasteiger charge is 2.30. The summed E-state index contributed by atoms with van der Waals surface area (Å²) in [6.45, 7) is 9.41. The number of rotatable bonds is 64. The molecule has 0 rings (SSSR count). The van der Waals surface area contributed by atoms with E-state index in [-0.39, 0.29) is 25.7 Å². The van der Waals surface area contributed by atoms with Gasteiger partial charge in [-0.2, -0.15) is 0 Å². The van der Waals surface area contributed by atoms with Gasteiger partial charge in [-0.25, -0.2) is 9.13 Å². The van der Waals surface area contributed by atoms with Gasteiger partial charge in [0.05, 0.1) is 26.4 Å². The molecule has 0 saturated carbocycles. The minimum absolute atomic E-state index is 0.105. The molecule has 0 amide bonds. The van der Waals surface area contributed by atoms with Crippen LogP contribution in [0, 0.1) is 11.8 Å². The van der Waals surface area contributed by atoms with E-state index in [0.29, 0.717) is 25.7 Å². The lowest BCUT2D eigenvalue weighted by atomic mass is 10.0. The van der Waals surface area contributed by atoms with Gasteiger partial charge in [-0.05, 0) is 37.5 Å². The van der Waals surface area contributed by atoms with Crippen LogP contribution in [0.2, 0.25) is 0 Å². The Labute approximate surface area is 511 Å². The Morgan fingerprint density at radius 2 is 0.548 bits per heavy atom. The molecule has 0 aliphatic heterocycles. The van der Waals surface area contributed by atoms with Gasteiger partial charge >= 0.3 is 39.5 Å². The molecular weight excluding hydrogens is 1110 g/mol. The number of aliphatic hydroxyl groups excluding tert-OH is 1. The maximum absolute atomic E-state index is 13.0. The number of hydrogen-bond donors (Lipinski definition) is 3. The summed E-state index contributed by atoms with van der Waals surface area (Å²) in [5.41, 5.74) is 0. The summed E-state index contributed by atoms with van der Waals surface area (Å²) in [4.78, 5) is 72.0. The van der Waals surface area contributed by atoms with E-state index in [9.17, 15) is 43.2 Å². The van der Waals surface area contributed by atoms with Crippen molar-refractivity contribution in [3.63, 3.8) is 0 Å². The summed E-state index contributed by atoms with van der Waals surface area (Å²) in [7, 11) is -9.88. The maximum Gasteiger partial charge on any atom is 0.472 e. The molecule has 0 aliphatic carbocycles. The summed E-state index contributed by atoms with van der Waals surface area (Å²) in [5.74, 6) is -0.604. The zero-order chi connectivity index (χ0) is 62.2. The highest BCUT2D eigenvalue weighted by molar-refractivity contribution is 7.47. The molecular formula is C65H126O17P2. The van der Waals surface area contributed by atoms with E-state index in [1.54, 1.807) is 0 Å². The Morgan fingerprint density at radius 1 is 0.321 bits per heavy atom. The van der Waals surface area contributed by atoms with Crippen molar-refractivity contribution in [1.29, 1.82) is 0 Å². The molecule has 3 N–H and O–H groups in total. The smallest absolute Gasteiger partial charge is 0.462 e. The van der Waals surface area contributed by atoms with E-state index in [2.05, 4.69) is 41.5 Å². The van der Waals surface area contributed by atoms with Crippen LogP contribution in [-0.4, -0.2) is 96.7 Å². The standard InChI is InChI=1S/C65H126O17P2/c1-7-9-11-13-14-15-25-31-37-43-49-64(69)81-60(53-75-62(67)47-41-33-12-10-8-2)55-79-83(71,72)77-51-59(66)52-78-84(73,74)80-56-61(54-76-63(68)48-42-36-30-27-22-24-29-35-40-46-58(5)6)82-65(70)50-44-38-32-26-21-19-17-16-18-20-23-28-34-39-45-57(3)4/h57-61,66H,7-56H2,1-6H3,(H,71,72)(H,73,74)/t59-,60+,61+/m0/s1. The van der Waals surface area contributed by atoms with Gasteiger partial charge < -0.3 is 33.8 Å². The van der Waals surface area contributed by atoms with Crippen molar-refractivity contribution in [3.8, 4) is 0 Å². The fourth-order valence-electron chi connectivity index (χ4n) is 9.71. The van der Waals surface area contributed by atoms with Crippen molar-refractivity contribution in [2.75, 3.05) is 39.6 Å². The summed E-state index contributed by atoms with van der Waals surface area (Å²) < 4.78 is 67.8. The van der Waals surface area contributed by atoms with Gasteiger partial charge in [0.15, 0.2) is 12.2 Å². The topological polar surface area (TPSA) is 237 Å². The minimum Gasteiger partial charge on any atom is -0.462 e. The third-order valence-electron chi connectivity index (χ3n) is 15.0. The van der Waals surface area contributed by atoms with E-state index in [0.717, 1.165) is 108 Å². The van der Waals surface area contributed by atoms with Crippen LogP contribution < -0.4 is 0 Å². The number of aliphatic hydroxyl groups is 1. The Kier molecular flexibility index (Phi) is 56.2. The molecule has 0 heterocycles. The molecule has 0 aromatic rings. The SMILES string of the molecule is CCCCCCCCCCCCC(=O)O[C@H](COC(=O)CCCCCCC)COP(=O)(O)OC[C@H](O)COP(=O)(O)OC[C@@H](COC(=O)CCCCCCCCCCCC(C)C)OC(=O)CCCCCCCCCCCCCCCCC(C)C. The molecule has 0 aromatic heterocycles. The van der Waals surface area contributed by atoms with E-state index in [4.69, 9.17) is 37.0 Å². The third-order valence-corrected chi connectivity index (χ3v) is 16.9. The van der Waals surface area contributed by atoms with E-state index in [1.165, 1.54) is 135 Å². The van der Waals surface area contributed by atoms with Crippen LogP contribution in [0.5, 0.6) is 0 Å². The number of ether oxygens (including phenoxy) is 4. The first-order valence-corrected chi connectivity index (χ1v) is 37.0. The first-order valence-electron chi connectivity index (χ1n) is 34.0. The second-order valence-corrected chi connectivity index (χ2v) is 27.4. The lowest BCUT2D eigenvalue weighted by Crippen LogP contribution is -2.30. The van der Waals surface area contributed by atoms with Gasteiger partial charge in [-0.1, -0.05) is 273 Å². The van der Waals surface area contributed by atoms with Crippen molar-refractivity contribution in [2.24, 2.45) is 11.8 Å². The van der Waals surface area contributed by atoms with Crippen LogP contribution in [0.15, 0.2) is 0 Å². The molecule has 0 bridgehead atoms. The number of unbranched alkanes of at least 4 members (excludes halogenated alkanes) is 34. The molecule has 0 fully saturated rings. The quantitative estimate of drug-likeness (QED) is 0.0222. The summed E-state index contributed by atoms with van der Waals surface area (Å²) in [6, 6.07) is 0. The number of hydrogen-bond acceptors (Lipinski definition) is 15. The van der Waals surface area contributed by atoms with Gasteiger partial charge in [0.25, 0.3) is 0 Å². The van der Waals surface area contributed by atoms with Gasteiger partial charge in [0.1, 0.15) is 19.3 Å². The minimum atomic E-state index is -4.94. The molecule has 498 valence electrons. The second kappa shape index (κ2) is 57.5. The molecule has 0 saturated heterocycles.